The lowest BCUT2D eigenvalue weighted by atomic mass is 9.59. The van der Waals surface area contributed by atoms with Crippen molar-refractivity contribution in [3.05, 3.63) is 52.2 Å². The fraction of sp³-hybridized carbons (Fsp3) is 0.656. The van der Waals surface area contributed by atoms with Gasteiger partial charge in [0.2, 0.25) is 5.69 Å². The van der Waals surface area contributed by atoms with Crippen molar-refractivity contribution in [1.29, 1.82) is 0 Å². The van der Waals surface area contributed by atoms with E-state index in [4.69, 9.17) is 0 Å². The maximum atomic E-state index is 2.78. The van der Waals surface area contributed by atoms with E-state index in [0.717, 1.165) is 11.8 Å². The van der Waals surface area contributed by atoms with Crippen LogP contribution in [0.5, 0.6) is 0 Å². The van der Waals surface area contributed by atoms with E-state index in [0.29, 0.717) is 0 Å². The third-order valence-electron chi connectivity index (χ3n) is 12.1. The molecule has 2 atom stereocenters. The second-order valence-electron chi connectivity index (χ2n) is 13.5. The zero-order valence-corrected chi connectivity index (χ0v) is 22.4. The summed E-state index contributed by atoms with van der Waals surface area (Å²) in [6.45, 7) is 19.8. The lowest BCUT2D eigenvalue weighted by Gasteiger charge is -2.44. The summed E-state index contributed by atoms with van der Waals surface area (Å²) >= 11 is 0. The highest BCUT2D eigenvalue weighted by Crippen LogP contribution is 2.62. The first-order chi connectivity index (χ1) is 15.5. The number of rotatable bonds is 2. The van der Waals surface area contributed by atoms with Gasteiger partial charge in [0.15, 0.2) is 11.7 Å². The lowest BCUT2D eigenvalue weighted by Crippen LogP contribution is -2.56. The van der Waals surface area contributed by atoms with Gasteiger partial charge in [-0.2, -0.15) is 4.57 Å². The van der Waals surface area contributed by atoms with Crippen LogP contribution in [0.4, 0.5) is 0 Å². The van der Waals surface area contributed by atoms with Crippen molar-refractivity contribution in [1.82, 2.24) is 0 Å². The maximum Gasteiger partial charge on any atom is 0.213 e. The van der Waals surface area contributed by atoms with Crippen molar-refractivity contribution in [3.63, 3.8) is 0 Å². The van der Waals surface area contributed by atoms with Gasteiger partial charge in [-0.3, -0.25) is 0 Å². The van der Waals surface area contributed by atoms with Gasteiger partial charge < -0.3 is 0 Å². The summed E-state index contributed by atoms with van der Waals surface area (Å²) in [5.41, 5.74) is 12.0. The molecule has 1 aromatic heterocycles. The van der Waals surface area contributed by atoms with Gasteiger partial charge in [0.25, 0.3) is 0 Å². The molecule has 2 unspecified atom stereocenters. The summed E-state index contributed by atoms with van der Waals surface area (Å²) in [6.07, 6.45) is 11.7. The van der Waals surface area contributed by atoms with Gasteiger partial charge >= 0.3 is 0 Å². The minimum Gasteiger partial charge on any atom is -0.193 e. The van der Waals surface area contributed by atoms with Crippen LogP contribution >= 0.6 is 0 Å². The standard InChI is InChI=1S/C32H44N/c1-9-32(10-2)14-13-22-16-26-27(30(5,6)31(7,8)29(26,3)4)17-24(22)28-18-23-20-11-12-21(15-20)25(23)19-33(28)32/h16-21H,9-15H2,1-8H3/q+1. The Bertz CT molecular complexity index is 1160. The Morgan fingerprint density at radius 2 is 1.42 bits per heavy atom. The van der Waals surface area contributed by atoms with Crippen molar-refractivity contribution in [2.75, 3.05) is 0 Å². The van der Waals surface area contributed by atoms with E-state index in [1.807, 2.05) is 0 Å². The molecule has 1 heteroatoms. The molecular formula is C32H44N+. The summed E-state index contributed by atoms with van der Waals surface area (Å²) in [5.74, 6) is 1.63. The Kier molecular flexibility index (Phi) is 4.32. The van der Waals surface area contributed by atoms with Gasteiger partial charge in [-0.1, -0.05) is 61.5 Å². The van der Waals surface area contributed by atoms with Crippen LogP contribution in [0.25, 0.3) is 11.3 Å². The van der Waals surface area contributed by atoms with Gasteiger partial charge in [-0.05, 0) is 82.1 Å². The van der Waals surface area contributed by atoms with E-state index < -0.39 is 0 Å². The summed E-state index contributed by atoms with van der Waals surface area (Å²) in [5, 5.41) is 0. The molecule has 0 amide bonds. The number of fused-ring (bicyclic) bond motifs is 9. The van der Waals surface area contributed by atoms with Crippen molar-refractivity contribution in [2.24, 2.45) is 5.41 Å². The Morgan fingerprint density at radius 1 is 0.818 bits per heavy atom. The fourth-order valence-corrected chi connectivity index (χ4v) is 8.44. The molecule has 0 spiro atoms. The molecule has 1 nitrogen and oxygen atoms in total. The third-order valence-corrected chi connectivity index (χ3v) is 12.1. The summed E-state index contributed by atoms with van der Waals surface area (Å²) in [4.78, 5) is 0. The summed E-state index contributed by atoms with van der Waals surface area (Å²) in [6, 6.07) is 7.95. The molecule has 2 heterocycles. The van der Waals surface area contributed by atoms with E-state index in [-0.39, 0.29) is 21.8 Å². The quantitative estimate of drug-likeness (QED) is 0.414. The van der Waals surface area contributed by atoms with Gasteiger partial charge in [-0.15, -0.1) is 0 Å². The zero-order chi connectivity index (χ0) is 23.6. The molecular weight excluding hydrogens is 398 g/mol. The molecule has 1 saturated carbocycles. The number of hydrogen-bond donors (Lipinski definition) is 0. The zero-order valence-electron chi connectivity index (χ0n) is 22.4. The first-order valence-corrected chi connectivity index (χ1v) is 13.8. The molecule has 4 aliphatic rings. The molecule has 0 radical (unpaired) electrons. The number of benzene rings is 1. The van der Waals surface area contributed by atoms with Gasteiger partial charge in [-0.25, -0.2) is 0 Å². The van der Waals surface area contributed by atoms with Gasteiger partial charge in [0.1, 0.15) is 0 Å². The molecule has 33 heavy (non-hydrogen) atoms. The molecule has 2 bridgehead atoms. The van der Waals surface area contributed by atoms with E-state index in [2.05, 4.69) is 84.4 Å². The smallest absolute Gasteiger partial charge is 0.193 e. The molecule has 0 saturated heterocycles. The van der Waals surface area contributed by atoms with Crippen LogP contribution in [0.3, 0.4) is 0 Å². The molecule has 176 valence electrons. The van der Waals surface area contributed by atoms with Crippen molar-refractivity contribution in [3.8, 4) is 11.3 Å². The number of hydrogen-bond acceptors (Lipinski definition) is 0. The van der Waals surface area contributed by atoms with Gasteiger partial charge in [0.05, 0.1) is 0 Å². The van der Waals surface area contributed by atoms with Crippen molar-refractivity contribution >= 4 is 0 Å². The lowest BCUT2D eigenvalue weighted by molar-refractivity contribution is -0.757. The highest BCUT2D eigenvalue weighted by atomic mass is 15.1. The molecule has 6 rings (SSSR count). The highest BCUT2D eigenvalue weighted by Gasteiger charge is 2.57. The Balaban J connectivity index is 1.65. The first kappa shape index (κ1) is 21.9. The average molecular weight is 443 g/mol. The van der Waals surface area contributed by atoms with Crippen LogP contribution in [0.1, 0.15) is 134 Å². The molecule has 1 aliphatic heterocycles. The van der Waals surface area contributed by atoms with Crippen LogP contribution in [0.15, 0.2) is 24.4 Å². The molecule has 1 aromatic carbocycles. The minimum atomic E-state index is 0.153. The van der Waals surface area contributed by atoms with Crippen LogP contribution < -0.4 is 4.57 Å². The largest absolute Gasteiger partial charge is 0.213 e. The number of aromatic nitrogens is 1. The predicted molar refractivity (Wildman–Crippen MR) is 138 cm³/mol. The van der Waals surface area contributed by atoms with Crippen LogP contribution in [0, 0.1) is 5.41 Å². The average Bonchev–Trinajstić information content (AvgIpc) is 3.40. The molecule has 3 aliphatic carbocycles. The molecule has 1 fully saturated rings. The minimum absolute atomic E-state index is 0.153. The number of nitrogens with zero attached hydrogens (tertiary/aromatic N) is 1. The summed E-state index contributed by atoms with van der Waals surface area (Å²) < 4.78 is 2.78. The summed E-state index contributed by atoms with van der Waals surface area (Å²) in [7, 11) is 0. The Labute approximate surface area is 202 Å². The highest BCUT2D eigenvalue weighted by molar-refractivity contribution is 5.69. The predicted octanol–water partition coefficient (Wildman–Crippen LogP) is 8.06. The van der Waals surface area contributed by atoms with E-state index in [9.17, 15) is 0 Å². The van der Waals surface area contributed by atoms with E-state index in [1.54, 1.807) is 27.8 Å². The fourth-order valence-electron chi connectivity index (χ4n) is 8.44. The van der Waals surface area contributed by atoms with Crippen molar-refractivity contribution in [2.45, 2.75) is 129 Å². The normalized spacial score (nSPS) is 28.6. The van der Waals surface area contributed by atoms with E-state index in [1.165, 1.54) is 56.2 Å². The molecule has 0 N–H and O–H groups in total. The van der Waals surface area contributed by atoms with Crippen LogP contribution in [0.2, 0.25) is 0 Å². The molecule has 2 aromatic rings. The maximum absolute atomic E-state index is 2.78. The first-order valence-electron chi connectivity index (χ1n) is 13.8. The third kappa shape index (κ3) is 2.48. The Morgan fingerprint density at radius 3 is 2.06 bits per heavy atom. The SMILES string of the molecule is CCC1(CC)CCc2cc3c(cc2-c2cc4c(c[n+]21)C1CCC4C1)C(C)(C)C(C)(C)C3(C)C. The van der Waals surface area contributed by atoms with Crippen molar-refractivity contribution < 1.29 is 4.57 Å². The van der Waals surface area contributed by atoms with E-state index >= 15 is 0 Å². The van der Waals surface area contributed by atoms with Crippen LogP contribution in [-0.2, 0) is 22.8 Å². The van der Waals surface area contributed by atoms with Crippen LogP contribution in [-0.4, -0.2) is 0 Å². The topological polar surface area (TPSA) is 3.88 Å². The monoisotopic (exact) mass is 442 g/mol. The second kappa shape index (κ2) is 6.52. The number of aryl methyl sites for hydroxylation is 1. The second-order valence-corrected chi connectivity index (χ2v) is 13.5. The van der Waals surface area contributed by atoms with Gasteiger partial charge in [0, 0.05) is 36.5 Å². The Hall–Kier alpha value is -1.63. The number of pyridine rings is 1.